The molecule has 1 N–H and O–H groups in total. The molecule has 0 fully saturated rings. The summed E-state index contributed by atoms with van der Waals surface area (Å²) in [5.41, 5.74) is 0.125. The van der Waals surface area contributed by atoms with Gasteiger partial charge in [0.05, 0.1) is 11.0 Å². The third kappa shape index (κ3) is 3.68. The topological polar surface area (TPSA) is 66.6 Å². The molecule has 5 nitrogen and oxygen atoms in total. The largest absolute Gasteiger partial charge is 0.388 e. The van der Waals surface area contributed by atoms with Gasteiger partial charge in [-0.1, -0.05) is 20.8 Å². The number of anilines is 1. The molecule has 0 bridgehead atoms. The summed E-state index contributed by atoms with van der Waals surface area (Å²) in [6.45, 7) is 8.58. The Kier molecular flexibility index (Phi) is 4.34. The maximum Gasteiger partial charge on any atom is 0.304 e. The standard InChI is InChI=1S/C12H20N2O3S/c1-8(15)10-6-9(14(16)17)11(18-10)13(5)7-12(2,3)4/h6,8,15H,7H2,1-5H3/t8-/m0/s1. The van der Waals surface area contributed by atoms with E-state index in [0.717, 1.165) is 0 Å². The van der Waals surface area contributed by atoms with E-state index >= 15 is 0 Å². The zero-order valence-electron chi connectivity index (χ0n) is 11.4. The summed E-state index contributed by atoms with van der Waals surface area (Å²) in [6, 6.07) is 1.46. The molecule has 1 aromatic rings. The Morgan fingerprint density at radius 2 is 2.11 bits per heavy atom. The van der Waals surface area contributed by atoms with Gasteiger partial charge in [-0.25, -0.2) is 0 Å². The second kappa shape index (κ2) is 5.24. The van der Waals surface area contributed by atoms with Gasteiger partial charge in [0.15, 0.2) is 5.00 Å². The lowest BCUT2D eigenvalue weighted by atomic mass is 9.96. The minimum atomic E-state index is -0.675. The van der Waals surface area contributed by atoms with E-state index in [1.54, 1.807) is 6.92 Å². The van der Waals surface area contributed by atoms with Crippen molar-refractivity contribution in [3.63, 3.8) is 0 Å². The number of thiophene rings is 1. The number of nitrogens with zero attached hydrogens (tertiary/aromatic N) is 2. The molecule has 1 atom stereocenters. The van der Waals surface area contributed by atoms with E-state index in [0.29, 0.717) is 16.4 Å². The number of hydrogen-bond donors (Lipinski definition) is 1. The molecule has 6 heteroatoms. The fraction of sp³-hybridized carbons (Fsp3) is 0.667. The van der Waals surface area contributed by atoms with Crippen LogP contribution in [0.4, 0.5) is 10.7 Å². The quantitative estimate of drug-likeness (QED) is 0.675. The normalized spacial score (nSPS) is 13.4. The monoisotopic (exact) mass is 272 g/mol. The van der Waals surface area contributed by atoms with Crippen LogP contribution >= 0.6 is 11.3 Å². The first-order valence-corrected chi connectivity index (χ1v) is 6.61. The Morgan fingerprint density at radius 3 is 2.50 bits per heavy atom. The Bertz CT molecular complexity index is 435. The summed E-state index contributed by atoms with van der Waals surface area (Å²) in [7, 11) is 1.84. The van der Waals surface area contributed by atoms with E-state index in [2.05, 4.69) is 20.8 Å². The molecule has 18 heavy (non-hydrogen) atoms. The van der Waals surface area contributed by atoms with Crippen molar-refractivity contribution >= 4 is 22.0 Å². The zero-order valence-corrected chi connectivity index (χ0v) is 12.2. The number of rotatable bonds is 4. The average molecular weight is 272 g/mol. The van der Waals surface area contributed by atoms with Gasteiger partial charge in [0, 0.05) is 24.5 Å². The van der Waals surface area contributed by atoms with Gasteiger partial charge in [-0.05, 0) is 12.3 Å². The molecule has 0 saturated heterocycles. The molecule has 1 aromatic heterocycles. The Balaban J connectivity index is 3.10. The highest BCUT2D eigenvalue weighted by molar-refractivity contribution is 7.16. The van der Waals surface area contributed by atoms with Crippen LogP contribution in [0.2, 0.25) is 0 Å². The SMILES string of the molecule is C[C@H](O)c1cc([N+](=O)[O-])c(N(C)CC(C)(C)C)s1. The number of hydrogen-bond acceptors (Lipinski definition) is 5. The molecule has 0 unspecified atom stereocenters. The van der Waals surface area contributed by atoms with Crippen LogP contribution in [0.15, 0.2) is 6.07 Å². The van der Waals surface area contributed by atoms with E-state index in [4.69, 9.17) is 0 Å². The molecule has 102 valence electrons. The van der Waals surface area contributed by atoms with E-state index in [9.17, 15) is 15.2 Å². The highest BCUT2D eigenvalue weighted by Gasteiger charge is 2.25. The van der Waals surface area contributed by atoms with Crippen LogP contribution in [0.1, 0.15) is 38.7 Å². The summed E-state index contributed by atoms with van der Waals surface area (Å²) in [5, 5.41) is 21.2. The van der Waals surface area contributed by atoms with Gasteiger partial charge in [0.25, 0.3) is 0 Å². The maximum atomic E-state index is 11.0. The third-order valence-corrected chi connectivity index (χ3v) is 3.79. The predicted molar refractivity (Wildman–Crippen MR) is 74.3 cm³/mol. The van der Waals surface area contributed by atoms with Gasteiger partial charge >= 0.3 is 5.69 Å². The van der Waals surface area contributed by atoms with Gasteiger partial charge in [0.2, 0.25) is 0 Å². The van der Waals surface area contributed by atoms with Crippen molar-refractivity contribution in [2.75, 3.05) is 18.5 Å². The molecule has 0 amide bonds. The fourth-order valence-electron chi connectivity index (χ4n) is 1.78. The van der Waals surface area contributed by atoms with Crippen LogP contribution in [0, 0.1) is 15.5 Å². The van der Waals surface area contributed by atoms with Crippen molar-refractivity contribution in [3.8, 4) is 0 Å². The smallest absolute Gasteiger partial charge is 0.304 e. The van der Waals surface area contributed by atoms with Crippen LogP contribution in [0.25, 0.3) is 0 Å². The second-order valence-corrected chi connectivity index (χ2v) is 6.75. The van der Waals surface area contributed by atoms with E-state index in [1.807, 2.05) is 11.9 Å². The maximum absolute atomic E-state index is 11.0. The Hall–Kier alpha value is -1.14. The highest BCUT2D eigenvalue weighted by atomic mass is 32.1. The first-order chi connectivity index (χ1) is 8.11. The molecular weight excluding hydrogens is 252 g/mol. The average Bonchev–Trinajstić information content (AvgIpc) is 2.58. The lowest BCUT2D eigenvalue weighted by Gasteiger charge is -2.26. The van der Waals surface area contributed by atoms with E-state index in [1.165, 1.54) is 17.4 Å². The molecule has 0 spiro atoms. The number of nitro groups is 1. The van der Waals surface area contributed by atoms with Gasteiger partial charge in [0.1, 0.15) is 0 Å². The summed E-state index contributed by atoms with van der Waals surface area (Å²) < 4.78 is 0. The first-order valence-electron chi connectivity index (χ1n) is 5.79. The second-order valence-electron chi connectivity index (χ2n) is 5.69. The van der Waals surface area contributed by atoms with E-state index < -0.39 is 11.0 Å². The molecule has 0 aliphatic carbocycles. The van der Waals surface area contributed by atoms with Crippen LogP contribution in [-0.2, 0) is 0 Å². The molecule has 0 aliphatic rings. The first kappa shape index (κ1) is 14.9. The van der Waals surface area contributed by atoms with Crippen molar-refractivity contribution in [3.05, 3.63) is 21.1 Å². The minimum Gasteiger partial charge on any atom is -0.388 e. The molecule has 0 aliphatic heterocycles. The van der Waals surface area contributed by atoms with Crippen molar-refractivity contribution < 1.29 is 10.0 Å². The van der Waals surface area contributed by atoms with Gasteiger partial charge in [-0.3, -0.25) is 10.1 Å². The predicted octanol–water partition coefficient (Wildman–Crippen LogP) is 3.19. The fourth-order valence-corrected chi connectivity index (χ4v) is 2.81. The van der Waals surface area contributed by atoms with Crippen molar-refractivity contribution in [1.29, 1.82) is 0 Å². The highest BCUT2D eigenvalue weighted by Crippen LogP contribution is 2.40. The summed E-state index contributed by atoms with van der Waals surface area (Å²) >= 11 is 1.28. The minimum absolute atomic E-state index is 0.0532. The van der Waals surface area contributed by atoms with Crippen LogP contribution in [-0.4, -0.2) is 23.6 Å². The number of aliphatic hydroxyl groups excluding tert-OH is 1. The summed E-state index contributed by atoms with van der Waals surface area (Å²) in [4.78, 5) is 13.1. The Morgan fingerprint density at radius 1 is 1.56 bits per heavy atom. The summed E-state index contributed by atoms with van der Waals surface area (Å²) in [6.07, 6.45) is -0.675. The van der Waals surface area contributed by atoms with Crippen LogP contribution in [0.5, 0.6) is 0 Å². The molecule has 1 heterocycles. The van der Waals surface area contributed by atoms with E-state index in [-0.39, 0.29) is 11.1 Å². The zero-order chi connectivity index (χ0) is 14.1. The summed E-state index contributed by atoms with van der Waals surface area (Å²) in [5.74, 6) is 0. The lowest BCUT2D eigenvalue weighted by Crippen LogP contribution is -2.28. The molecule has 0 radical (unpaired) electrons. The molecular formula is C12H20N2O3S. The van der Waals surface area contributed by atoms with Gasteiger partial charge in [-0.15, -0.1) is 11.3 Å². The lowest BCUT2D eigenvalue weighted by molar-refractivity contribution is -0.383. The van der Waals surface area contributed by atoms with Crippen LogP contribution in [0.3, 0.4) is 0 Å². The molecule has 0 saturated carbocycles. The van der Waals surface area contributed by atoms with Crippen LogP contribution < -0.4 is 4.90 Å². The van der Waals surface area contributed by atoms with Gasteiger partial charge in [-0.2, -0.15) is 0 Å². The Labute approximate surface area is 111 Å². The molecule has 0 aromatic carbocycles. The van der Waals surface area contributed by atoms with Crippen molar-refractivity contribution in [2.24, 2.45) is 5.41 Å². The third-order valence-electron chi connectivity index (χ3n) is 2.38. The molecule has 1 rings (SSSR count). The number of aliphatic hydroxyl groups is 1. The van der Waals surface area contributed by atoms with Crippen molar-refractivity contribution in [2.45, 2.75) is 33.8 Å². The van der Waals surface area contributed by atoms with Gasteiger partial charge < -0.3 is 10.0 Å². The van der Waals surface area contributed by atoms with Crippen molar-refractivity contribution in [1.82, 2.24) is 0 Å².